The van der Waals surface area contributed by atoms with Crippen LogP contribution in [0.4, 0.5) is 14.6 Å². The molecule has 4 rings (SSSR count). The summed E-state index contributed by atoms with van der Waals surface area (Å²) in [5.74, 6) is -0.00152. The van der Waals surface area contributed by atoms with Gasteiger partial charge in [-0.2, -0.15) is 14.4 Å². The minimum absolute atomic E-state index is 0.153. The number of ether oxygens (including phenoxy) is 1. The molecule has 3 heterocycles. The van der Waals surface area contributed by atoms with E-state index in [9.17, 15) is 8.78 Å². The summed E-state index contributed by atoms with van der Waals surface area (Å²) >= 11 is 0. The zero-order valence-corrected chi connectivity index (χ0v) is 12.0. The molecule has 1 aliphatic rings. The van der Waals surface area contributed by atoms with E-state index >= 15 is 0 Å². The monoisotopic (exact) mass is 317 g/mol. The second-order valence-corrected chi connectivity index (χ2v) is 5.26. The van der Waals surface area contributed by atoms with Crippen LogP contribution in [0.1, 0.15) is 18.2 Å². The smallest absolute Gasteiger partial charge is 0.312 e. The summed E-state index contributed by atoms with van der Waals surface area (Å²) in [4.78, 5) is 11.8. The molecule has 2 aromatic heterocycles. The van der Waals surface area contributed by atoms with Crippen molar-refractivity contribution in [3.63, 3.8) is 0 Å². The Morgan fingerprint density at radius 1 is 1.22 bits per heavy atom. The molecular formula is C15H13F2N5O. The van der Waals surface area contributed by atoms with E-state index in [4.69, 9.17) is 4.74 Å². The lowest BCUT2D eigenvalue weighted by Crippen LogP contribution is -2.24. The molecule has 1 saturated heterocycles. The molecule has 3 aromatic rings. The number of fused-ring (bicyclic) bond motifs is 1. The van der Waals surface area contributed by atoms with E-state index < -0.39 is 6.08 Å². The van der Waals surface area contributed by atoms with Crippen LogP contribution < -0.4 is 5.32 Å². The fraction of sp³-hybridized carbons (Fsp3) is 0.267. The molecule has 0 aliphatic carbocycles. The molecule has 0 amide bonds. The maximum absolute atomic E-state index is 13.7. The topological polar surface area (TPSA) is 64.9 Å². The maximum Gasteiger partial charge on any atom is 0.312 e. The minimum Gasteiger partial charge on any atom is -0.364 e. The molecular weight excluding hydrogens is 304 g/mol. The molecule has 1 fully saturated rings. The highest BCUT2D eigenvalue weighted by Crippen LogP contribution is 2.28. The summed E-state index contributed by atoms with van der Waals surface area (Å²) in [7, 11) is 0. The summed E-state index contributed by atoms with van der Waals surface area (Å²) in [6, 6.07) is 6.04. The first kappa shape index (κ1) is 14.0. The quantitative estimate of drug-likeness (QED) is 0.749. The predicted octanol–water partition coefficient (Wildman–Crippen LogP) is 2.64. The van der Waals surface area contributed by atoms with Gasteiger partial charge in [0.2, 0.25) is 0 Å². The van der Waals surface area contributed by atoms with Gasteiger partial charge < -0.3 is 10.1 Å². The Bertz CT molecular complexity index is 845. The fourth-order valence-electron chi connectivity index (χ4n) is 2.45. The molecule has 1 atom stereocenters. The highest BCUT2D eigenvalue weighted by Gasteiger charge is 2.24. The Balaban J connectivity index is 1.63. The van der Waals surface area contributed by atoms with Gasteiger partial charge in [-0.15, -0.1) is 0 Å². The molecule has 6 nitrogen and oxygen atoms in total. The lowest BCUT2D eigenvalue weighted by atomic mass is 10.2. The highest BCUT2D eigenvalue weighted by molar-refractivity contribution is 5.82. The predicted molar refractivity (Wildman–Crippen MR) is 78.6 cm³/mol. The van der Waals surface area contributed by atoms with Crippen LogP contribution >= 0.6 is 0 Å². The van der Waals surface area contributed by atoms with Gasteiger partial charge in [-0.3, -0.25) is 4.57 Å². The van der Waals surface area contributed by atoms with Crippen molar-refractivity contribution >= 4 is 17.0 Å². The van der Waals surface area contributed by atoms with Gasteiger partial charge in [0.05, 0.1) is 12.9 Å². The molecule has 0 spiro atoms. The molecule has 0 radical (unpaired) electrons. The summed E-state index contributed by atoms with van der Waals surface area (Å²) in [6.07, 6.45) is 1.43. The van der Waals surface area contributed by atoms with Crippen LogP contribution in [0.25, 0.3) is 11.2 Å². The Hall–Kier alpha value is -2.61. The van der Waals surface area contributed by atoms with Gasteiger partial charge in [-0.05, 0) is 17.7 Å². The van der Waals surface area contributed by atoms with Crippen LogP contribution in [-0.2, 0) is 11.3 Å². The van der Waals surface area contributed by atoms with Gasteiger partial charge in [-0.25, -0.2) is 9.37 Å². The van der Waals surface area contributed by atoms with Gasteiger partial charge >= 0.3 is 6.08 Å². The third-order valence-electron chi connectivity index (χ3n) is 3.75. The van der Waals surface area contributed by atoms with Gasteiger partial charge in [0.1, 0.15) is 12.0 Å². The Morgan fingerprint density at radius 2 is 2.00 bits per heavy atom. The number of aromatic nitrogens is 4. The van der Waals surface area contributed by atoms with Crippen LogP contribution in [0, 0.1) is 11.9 Å². The van der Waals surface area contributed by atoms with E-state index in [1.807, 2.05) is 0 Å². The van der Waals surface area contributed by atoms with Crippen molar-refractivity contribution < 1.29 is 13.5 Å². The Morgan fingerprint density at radius 3 is 2.70 bits per heavy atom. The zero-order valence-electron chi connectivity index (χ0n) is 12.0. The SMILES string of the molecule is Fc1ccc(CNc2nc(F)nc3c2ncn3C2CCO2)cc1. The molecule has 23 heavy (non-hydrogen) atoms. The first-order valence-corrected chi connectivity index (χ1v) is 7.21. The Labute approximate surface area is 130 Å². The molecule has 1 unspecified atom stereocenters. The average molecular weight is 317 g/mol. The van der Waals surface area contributed by atoms with Gasteiger partial charge in [-0.1, -0.05) is 12.1 Å². The minimum atomic E-state index is -0.833. The summed E-state index contributed by atoms with van der Waals surface area (Å²) in [5, 5.41) is 3.02. The molecule has 1 N–H and O–H groups in total. The summed E-state index contributed by atoms with van der Waals surface area (Å²) < 4.78 is 33.7. The molecule has 0 bridgehead atoms. The van der Waals surface area contributed by atoms with Crippen molar-refractivity contribution in [3.05, 3.63) is 48.1 Å². The van der Waals surface area contributed by atoms with Crippen molar-refractivity contribution in [2.24, 2.45) is 0 Å². The largest absolute Gasteiger partial charge is 0.364 e. The highest BCUT2D eigenvalue weighted by atomic mass is 19.1. The third-order valence-corrected chi connectivity index (χ3v) is 3.75. The van der Waals surface area contributed by atoms with Crippen LogP contribution in [0.15, 0.2) is 30.6 Å². The zero-order chi connectivity index (χ0) is 15.8. The van der Waals surface area contributed by atoms with Crippen LogP contribution in [-0.4, -0.2) is 26.1 Å². The van der Waals surface area contributed by atoms with Crippen molar-refractivity contribution in [2.75, 3.05) is 11.9 Å². The summed E-state index contributed by atoms with van der Waals surface area (Å²) in [6.45, 7) is 1.05. The van der Waals surface area contributed by atoms with E-state index in [0.29, 0.717) is 30.1 Å². The maximum atomic E-state index is 13.7. The van der Waals surface area contributed by atoms with Crippen LogP contribution in [0.5, 0.6) is 0 Å². The second kappa shape index (κ2) is 5.54. The van der Waals surface area contributed by atoms with E-state index in [2.05, 4.69) is 20.3 Å². The van der Waals surface area contributed by atoms with E-state index in [0.717, 1.165) is 12.0 Å². The number of hydrogen-bond acceptors (Lipinski definition) is 5. The number of nitrogens with zero attached hydrogens (tertiary/aromatic N) is 4. The van der Waals surface area contributed by atoms with Crippen molar-refractivity contribution in [3.8, 4) is 0 Å². The normalized spacial score (nSPS) is 17.2. The number of rotatable bonds is 4. The van der Waals surface area contributed by atoms with E-state index in [-0.39, 0.29) is 12.0 Å². The van der Waals surface area contributed by atoms with Crippen LogP contribution in [0.2, 0.25) is 0 Å². The first-order chi connectivity index (χ1) is 11.2. The first-order valence-electron chi connectivity index (χ1n) is 7.21. The Kier molecular flexibility index (Phi) is 3.38. The third kappa shape index (κ3) is 2.61. The molecule has 1 aliphatic heterocycles. The summed E-state index contributed by atoms with van der Waals surface area (Å²) in [5.41, 5.74) is 1.72. The number of nitrogens with one attached hydrogen (secondary N) is 1. The molecule has 118 valence electrons. The molecule has 0 saturated carbocycles. The van der Waals surface area contributed by atoms with Crippen molar-refractivity contribution in [2.45, 2.75) is 19.2 Å². The second-order valence-electron chi connectivity index (χ2n) is 5.26. The fourth-order valence-corrected chi connectivity index (χ4v) is 2.45. The number of anilines is 1. The van der Waals surface area contributed by atoms with Gasteiger partial charge in [0, 0.05) is 13.0 Å². The number of halogens is 2. The standard InChI is InChI=1S/C15H13F2N5O/c16-10-3-1-9(2-4-10)7-18-13-12-14(21-15(17)20-13)22(8-19-12)11-5-6-23-11/h1-4,8,11H,5-7H2,(H,18,20,21). The van der Waals surface area contributed by atoms with Gasteiger partial charge in [0.25, 0.3) is 0 Å². The van der Waals surface area contributed by atoms with Crippen molar-refractivity contribution in [1.82, 2.24) is 19.5 Å². The number of hydrogen-bond donors (Lipinski definition) is 1. The van der Waals surface area contributed by atoms with Crippen molar-refractivity contribution in [1.29, 1.82) is 0 Å². The van der Waals surface area contributed by atoms with E-state index in [1.54, 1.807) is 23.0 Å². The number of imidazole rings is 1. The molecule has 8 heteroatoms. The van der Waals surface area contributed by atoms with E-state index in [1.165, 1.54) is 12.1 Å². The lowest BCUT2D eigenvalue weighted by molar-refractivity contribution is -0.0974. The van der Waals surface area contributed by atoms with Gasteiger partial charge in [0.15, 0.2) is 17.0 Å². The average Bonchev–Trinajstić information content (AvgIpc) is 2.88. The number of benzene rings is 1. The lowest BCUT2D eigenvalue weighted by Gasteiger charge is -2.27. The van der Waals surface area contributed by atoms with Crippen LogP contribution in [0.3, 0.4) is 0 Å². The molecule has 1 aromatic carbocycles.